The van der Waals surface area contributed by atoms with Gasteiger partial charge in [-0.15, -0.1) is 0 Å². The molecule has 0 fully saturated rings. The van der Waals surface area contributed by atoms with E-state index in [2.05, 4.69) is 37.9 Å². The molecule has 0 atom stereocenters. The average molecular weight is 339 g/mol. The van der Waals surface area contributed by atoms with Crippen LogP contribution in [-0.2, 0) is 6.42 Å². The Balaban J connectivity index is 1.59. The molecule has 0 amide bonds. The fraction of sp³-hybridized carbons (Fsp3) is 0.278. The minimum atomic E-state index is 0.580. The highest BCUT2D eigenvalue weighted by molar-refractivity contribution is 5.53. The van der Waals surface area contributed by atoms with Gasteiger partial charge in [-0.25, -0.2) is 4.98 Å². The molecule has 1 aromatic carbocycles. The second-order valence-electron chi connectivity index (χ2n) is 5.69. The lowest BCUT2D eigenvalue weighted by molar-refractivity contribution is 0.400. The molecular formula is C18H21N5O2. The molecule has 2 heterocycles. The van der Waals surface area contributed by atoms with Crippen LogP contribution >= 0.6 is 0 Å². The standard InChI is InChI=1S/C18H21N5O2/c1-12-10-16(21-17-11-13(2)25-23-17)22-18(20-12)19-9-8-14-4-6-15(24-3)7-5-14/h4-7,10-11H,8-9H2,1-3H3,(H2,19,20,21,22,23). The van der Waals surface area contributed by atoms with Gasteiger partial charge in [-0.05, 0) is 38.0 Å². The molecular weight excluding hydrogens is 318 g/mol. The van der Waals surface area contributed by atoms with Gasteiger partial charge >= 0.3 is 0 Å². The van der Waals surface area contributed by atoms with Gasteiger partial charge in [0, 0.05) is 24.4 Å². The molecule has 0 aliphatic heterocycles. The van der Waals surface area contributed by atoms with Crippen LogP contribution < -0.4 is 15.4 Å². The summed E-state index contributed by atoms with van der Waals surface area (Å²) in [4.78, 5) is 8.87. The molecule has 7 nitrogen and oxygen atoms in total. The van der Waals surface area contributed by atoms with Crippen molar-refractivity contribution >= 4 is 17.6 Å². The number of benzene rings is 1. The Morgan fingerprint density at radius 1 is 1.04 bits per heavy atom. The van der Waals surface area contributed by atoms with E-state index in [4.69, 9.17) is 9.26 Å². The number of hydrogen-bond acceptors (Lipinski definition) is 7. The zero-order valence-corrected chi connectivity index (χ0v) is 14.5. The Bertz CT molecular complexity index is 830. The van der Waals surface area contributed by atoms with Crippen molar-refractivity contribution in [3.63, 3.8) is 0 Å². The molecule has 25 heavy (non-hydrogen) atoms. The smallest absolute Gasteiger partial charge is 0.224 e. The largest absolute Gasteiger partial charge is 0.497 e. The van der Waals surface area contributed by atoms with Gasteiger partial charge in [-0.1, -0.05) is 17.3 Å². The van der Waals surface area contributed by atoms with Crippen LogP contribution in [0, 0.1) is 13.8 Å². The Kier molecular flexibility index (Phi) is 5.13. The lowest BCUT2D eigenvalue weighted by atomic mass is 10.1. The van der Waals surface area contributed by atoms with Crippen molar-refractivity contribution in [1.82, 2.24) is 15.1 Å². The van der Waals surface area contributed by atoms with Gasteiger partial charge in [0.1, 0.15) is 17.3 Å². The molecule has 0 unspecified atom stereocenters. The summed E-state index contributed by atoms with van der Waals surface area (Å²) in [6, 6.07) is 11.7. The average Bonchev–Trinajstić information content (AvgIpc) is 3.00. The van der Waals surface area contributed by atoms with Crippen molar-refractivity contribution in [1.29, 1.82) is 0 Å². The van der Waals surface area contributed by atoms with Crippen molar-refractivity contribution in [2.45, 2.75) is 20.3 Å². The number of anilines is 3. The predicted molar refractivity (Wildman–Crippen MR) is 96.5 cm³/mol. The summed E-state index contributed by atoms with van der Waals surface area (Å²) in [6.07, 6.45) is 0.868. The molecule has 0 saturated carbocycles. The van der Waals surface area contributed by atoms with E-state index < -0.39 is 0 Å². The summed E-state index contributed by atoms with van der Waals surface area (Å²) in [5, 5.41) is 10.3. The van der Waals surface area contributed by atoms with Crippen LogP contribution in [0.25, 0.3) is 0 Å². The van der Waals surface area contributed by atoms with Crippen molar-refractivity contribution in [2.24, 2.45) is 0 Å². The lowest BCUT2D eigenvalue weighted by Crippen LogP contribution is -2.09. The zero-order valence-electron chi connectivity index (χ0n) is 14.5. The summed E-state index contributed by atoms with van der Waals surface area (Å²) >= 11 is 0. The van der Waals surface area contributed by atoms with Gasteiger partial charge < -0.3 is 19.9 Å². The van der Waals surface area contributed by atoms with Crippen LogP contribution in [0.4, 0.5) is 17.6 Å². The first-order valence-electron chi connectivity index (χ1n) is 8.05. The van der Waals surface area contributed by atoms with Crippen molar-refractivity contribution < 1.29 is 9.26 Å². The molecule has 130 valence electrons. The minimum absolute atomic E-state index is 0.580. The van der Waals surface area contributed by atoms with Crippen LogP contribution in [0.15, 0.2) is 40.9 Å². The number of aromatic nitrogens is 3. The number of aryl methyl sites for hydroxylation is 2. The molecule has 7 heteroatoms. The van der Waals surface area contributed by atoms with Gasteiger partial charge in [-0.2, -0.15) is 4.98 Å². The van der Waals surface area contributed by atoms with E-state index in [0.29, 0.717) is 17.6 Å². The van der Waals surface area contributed by atoms with E-state index >= 15 is 0 Å². The van der Waals surface area contributed by atoms with Crippen LogP contribution in [0.5, 0.6) is 5.75 Å². The number of rotatable bonds is 7. The van der Waals surface area contributed by atoms with Gasteiger partial charge in [0.15, 0.2) is 5.82 Å². The monoisotopic (exact) mass is 339 g/mol. The van der Waals surface area contributed by atoms with Crippen LogP contribution in [0.1, 0.15) is 17.0 Å². The van der Waals surface area contributed by atoms with E-state index in [1.807, 2.05) is 38.1 Å². The zero-order chi connectivity index (χ0) is 17.6. The van der Waals surface area contributed by atoms with Gasteiger partial charge in [0.05, 0.1) is 7.11 Å². The summed E-state index contributed by atoms with van der Waals surface area (Å²) in [5.74, 6) is 3.48. The maximum Gasteiger partial charge on any atom is 0.224 e. The van der Waals surface area contributed by atoms with Crippen molar-refractivity contribution in [3.8, 4) is 5.75 Å². The normalized spacial score (nSPS) is 10.5. The molecule has 2 N–H and O–H groups in total. The first-order valence-corrected chi connectivity index (χ1v) is 8.05. The SMILES string of the molecule is COc1ccc(CCNc2nc(C)cc(Nc3cc(C)on3)n2)cc1. The van der Waals surface area contributed by atoms with Crippen LogP contribution in [0.3, 0.4) is 0 Å². The van der Waals surface area contributed by atoms with Crippen molar-refractivity contribution in [2.75, 3.05) is 24.3 Å². The summed E-state index contributed by atoms with van der Waals surface area (Å²) < 4.78 is 10.2. The van der Waals surface area contributed by atoms with E-state index in [0.717, 1.165) is 30.2 Å². The lowest BCUT2D eigenvalue weighted by Gasteiger charge is -2.09. The predicted octanol–water partition coefficient (Wildman–Crippen LogP) is 3.49. The molecule has 0 aliphatic carbocycles. The molecule has 0 saturated heterocycles. The van der Waals surface area contributed by atoms with E-state index in [1.165, 1.54) is 5.56 Å². The highest BCUT2D eigenvalue weighted by Crippen LogP contribution is 2.17. The molecule has 3 rings (SSSR count). The molecule has 0 spiro atoms. The maximum absolute atomic E-state index is 5.17. The topological polar surface area (TPSA) is 85.1 Å². The highest BCUT2D eigenvalue weighted by atomic mass is 16.5. The molecule has 0 bridgehead atoms. The fourth-order valence-electron chi connectivity index (χ4n) is 2.38. The summed E-state index contributed by atoms with van der Waals surface area (Å²) in [5.41, 5.74) is 2.09. The number of ether oxygens (including phenoxy) is 1. The summed E-state index contributed by atoms with van der Waals surface area (Å²) in [7, 11) is 1.66. The molecule has 0 aliphatic rings. The Labute approximate surface area is 146 Å². The van der Waals surface area contributed by atoms with E-state index in [-0.39, 0.29) is 0 Å². The number of nitrogens with zero attached hydrogens (tertiary/aromatic N) is 3. The Morgan fingerprint density at radius 3 is 2.52 bits per heavy atom. The third-order valence-corrected chi connectivity index (χ3v) is 3.59. The van der Waals surface area contributed by atoms with Crippen LogP contribution in [0.2, 0.25) is 0 Å². The Morgan fingerprint density at radius 2 is 1.84 bits per heavy atom. The molecule has 0 radical (unpaired) electrons. The van der Waals surface area contributed by atoms with Gasteiger partial charge in [0.25, 0.3) is 0 Å². The fourth-order valence-corrected chi connectivity index (χ4v) is 2.38. The quantitative estimate of drug-likeness (QED) is 0.681. The highest BCUT2D eigenvalue weighted by Gasteiger charge is 2.05. The van der Waals surface area contributed by atoms with Gasteiger partial charge in [-0.3, -0.25) is 0 Å². The molecule has 3 aromatic rings. The summed E-state index contributed by atoms with van der Waals surface area (Å²) in [6.45, 7) is 4.50. The van der Waals surface area contributed by atoms with E-state index in [1.54, 1.807) is 7.11 Å². The number of methoxy groups -OCH3 is 1. The third kappa shape index (κ3) is 4.69. The third-order valence-electron chi connectivity index (χ3n) is 3.59. The first-order chi connectivity index (χ1) is 12.1. The second kappa shape index (κ2) is 7.65. The Hall–Kier alpha value is -3.09. The first kappa shape index (κ1) is 16.8. The second-order valence-corrected chi connectivity index (χ2v) is 5.69. The van der Waals surface area contributed by atoms with Crippen LogP contribution in [-0.4, -0.2) is 28.8 Å². The number of hydrogen-bond donors (Lipinski definition) is 2. The van der Waals surface area contributed by atoms with Gasteiger partial charge in [0.2, 0.25) is 5.95 Å². The maximum atomic E-state index is 5.17. The van der Waals surface area contributed by atoms with Crippen molar-refractivity contribution in [3.05, 3.63) is 53.4 Å². The van der Waals surface area contributed by atoms with E-state index in [9.17, 15) is 0 Å². The number of nitrogens with one attached hydrogen (secondary N) is 2. The molecule has 2 aromatic heterocycles. The minimum Gasteiger partial charge on any atom is -0.497 e.